The summed E-state index contributed by atoms with van der Waals surface area (Å²) in [7, 11) is -0.597. The number of carbonyl (C=O) groups is 1. The topological polar surface area (TPSA) is 66.9 Å². The van der Waals surface area contributed by atoms with Crippen molar-refractivity contribution in [2.24, 2.45) is 0 Å². The molecule has 2 aromatic rings. The number of hydrogen-bond donors (Lipinski definition) is 0. The van der Waals surface area contributed by atoms with Gasteiger partial charge in [0.2, 0.25) is 15.9 Å². The highest BCUT2D eigenvalue weighted by Gasteiger charge is 2.28. The van der Waals surface area contributed by atoms with E-state index in [9.17, 15) is 13.2 Å². The standard InChI is InChI=1S/C17H20N2O4S2/c1-18(12-13-5-4-10-24-13)25(21,22)14-7-8-16(23-2)15(11-14)19-9-3-6-17(19)20/h4-5,7-8,10-11H,3,6,9,12H2,1-2H3. The van der Waals surface area contributed by atoms with Gasteiger partial charge >= 0.3 is 0 Å². The van der Waals surface area contributed by atoms with Crippen LogP contribution in [0.4, 0.5) is 5.69 Å². The Bertz CT molecular complexity index is 863. The summed E-state index contributed by atoms with van der Waals surface area (Å²) in [6.07, 6.45) is 1.23. The van der Waals surface area contributed by atoms with E-state index in [4.69, 9.17) is 4.74 Å². The van der Waals surface area contributed by atoms with E-state index in [0.717, 1.165) is 11.3 Å². The monoisotopic (exact) mass is 380 g/mol. The van der Waals surface area contributed by atoms with Gasteiger partial charge in [0.15, 0.2) is 0 Å². The predicted molar refractivity (Wildman–Crippen MR) is 97.6 cm³/mol. The lowest BCUT2D eigenvalue weighted by molar-refractivity contribution is -0.117. The van der Waals surface area contributed by atoms with Gasteiger partial charge in [-0.15, -0.1) is 11.3 Å². The lowest BCUT2D eigenvalue weighted by Gasteiger charge is -2.21. The molecule has 1 aromatic carbocycles. The minimum Gasteiger partial charge on any atom is -0.495 e. The molecule has 2 heterocycles. The van der Waals surface area contributed by atoms with Crippen LogP contribution in [-0.4, -0.2) is 39.3 Å². The smallest absolute Gasteiger partial charge is 0.243 e. The van der Waals surface area contributed by atoms with Crippen LogP contribution in [0.15, 0.2) is 40.6 Å². The normalized spacial score (nSPS) is 15.2. The van der Waals surface area contributed by atoms with E-state index in [1.54, 1.807) is 18.0 Å². The maximum Gasteiger partial charge on any atom is 0.243 e. The van der Waals surface area contributed by atoms with Gasteiger partial charge in [0.25, 0.3) is 0 Å². The second kappa shape index (κ2) is 7.15. The highest BCUT2D eigenvalue weighted by Crippen LogP contribution is 2.34. The predicted octanol–water partition coefficient (Wildman–Crippen LogP) is 2.70. The Hall–Kier alpha value is -1.90. The fourth-order valence-electron chi connectivity index (χ4n) is 2.83. The molecule has 1 aliphatic heterocycles. The lowest BCUT2D eigenvalue weighted by Crippen LogP contribution is -2.27. The van der Waals surface area contributed by atoms with E-state index in [0.29, 0.717) is 30.9 Å². The average Bonchev–Trinajstić information content (AvgIpc) is 3.25. The first-order chi connectivity index (χ1) is 11.9. The molecule has 0 atom stereocenters. The zero-order chi connectivity index (χ0) is 18.0. The summed E-state index contributed by atoms with van der Waals surface area (Å²) in [5.74, 6) is 0.481. The van der Waals surface area contributed by atoms with Crippen molar-refractivity contribution < 1.29 is 17.9 Å². The van der Waals surface area contributed by atoms with Crippen LogP contribution in [0, 0.1) is 0 Å². The number of amides is 1. The Morgan fingerprint density at radius 2 is 2.12 bits per heavy atom. The van der Waals surface area contributed by atoms with Gasteiger partial charge in [-0.05, 0) is 36.1 Å². The van der Waals surface area contributed by atoms with Gasteiger partial charge in [0.05, 0.1) is 17.7 Å². The molecule has 0 aliphatic carbocycles. The molecule has 1 aromatic heterocycles. The van der Waals surface area contributed by atoms with Gasteiger partial charge in [0, 0.05) is 31.4 Å². The second-order valence-electron chi connectivity index (χ2n) is 5.82. The third-order valence-electron chi connectivity index (χ3n) is 4.18. The first-order valence-electron chi connectivity index (χ1n) is 7.90. The molecule has 0 bridgehead atoms. The number of hydrogen-bond acceptors (Lipinski definition) is 5. The van der Waals surface area contributed by atoms with Crippen molar-refractivity contribution in [3.63, 3.8) is 0 Å². The van der Waals surface area contributed by atoms with Gasteiger partial charge in [-0.2, -0.15) is 4.31 Å². The molecule has 0 spiro atoms. The number of sulfonamides is 1. The summed E-state index contributed by atoms with van der Waals surface area (Å²) >= 11 is 1.51. The number of ether oxygens (including phenoxy) is 1. The van der Waals surface area contributed by atoms with Gasteiger partial charge in [-0.1, -0.05) is 6.07 Å². The van der Waals surface area contributed by atoms with Crippen LogP contribution in [0.1, 0.15) is 17.7 Å². The van der Waals surface area contributed by atoms with Crippen LogP contribution in [0.5, 0.6) is 5.75 Å². The summed E-state index contributed by atoms with van der Waals surface area (Å²) in [5, 5.41) is 1.92. The van der Waals surface area contributed by atoms with Crippen molar-refractivity contribution in [1.82, 2.24) is 4.31 Å². The number of methoxy groups -OCH3 is 1. The van der Waals surface area contributed by atoms with E-state index in [2.05, 4.69) is 0 Å². The van der Waals surface area contributed by atoms with Crippen LogP contribution in [0.25, 0.3) is 0 Å². The Labute approximate surface area is 151 Å². The van der Waals surface area contributed by atoms with Crippen LogP contribution >= 0.6 is 11.3 Å². The third-order valence-corrected chi connectivity index (χ3v) is 6.84. The molecule has 25 heavy (non-hydrogen) atoms. The van der Waals surface area contributed by atoms with E-state index in [1.165, 1.54) is 34.9 Å². The SMILES string of the molecule is COc1ccc(S(=O)(=O)N(C)Cc2cccs2)cc1N1CCCC1=O. The average molecular weight is 380 g/mol. The molecule has 1 amide bonds. The maximum atomic E-state index is 12.9. The molecule has 0 saturated carbocycles. The number of rotatable bonds is 6. The molecule has 1 aliphatic rings. The fraction of sp³-hybridized carbons (Fsp3) is 0.353. The Morgan fingerprint density at radius 1 is 1.32 bits per heavy atom. The summed E-state index contributed by atoms with van der Waals surface area (Å²) < 4.78 is 32.4. The molecule has 3 rings (SSSR count). The van der Waals surface area contributed by atoms with Crippen LogP contribution in [-0.2, 0) is 21.4 Å². The zero-order valence-electron chi connectivity index (χ0n) is 14.1. The molecule has 0 N–H and O–H groups in total. The molecule has 6 nitrogen and oxygen atoms in total. The largest absolute Gasteiger partial charge is 0.495 e. The van der Waals surface area contributed by atoms with Crippen LogP contribution in [0.3, 0.4) is 0 Å². The Morgan fingerprint density at radius 3 is 2.72 bits per heavy atom. The maximum absolute atomic E-state index is 12.9. The molecule has 0 radical (unpaired) electrons. The Kier molecular flexibility index (Phi) is 5.12. The summed E-state index contributed by atoms with van der Waals surface area (Å²) in [5.41, 5.74) is 0.510. The van der Waals surface area contributed by atoms with E-state index >= 15 is 0 Å². The molecular weight excluding hydrogens is 360 g/mol. The Balaban J connectivity index is 1.94. The van der Waals surface area contributed by atoms with Gasteiger partial charge in [-0.25, -0.2) is 8.42 Å². The van der Waals surface area contributed by atoms with Crippen molar-refractivity contribution in [3.8, 4) is 5.75 Å². The van der Waals surface area contributed by atoms with Crippen molar-refractivity contribution >= 4 is 33.0 Å². The molecule has 1 saturated heterocycles. The highest BCUT2D eigenvalue weighted by molar-refractivity contribution is 7.89. The van der Waals surface area contributed by atoms with Crippen molar-refractivity contribution in [3.05, 3.63) is 40.6 Å². The van der Waals surface area contributed by atoms with E-state index in [1.807, 2.05) is 17.5 Å². The van der Waals surface area contributed by atoms with Crippen molar-refractivity contribution in [2.75, 3.05) is 25.6 Å². The number of benzene rings is 1. The highest BCUT2D eigenvalue weighted by atomic mass is 32.2. The first kappa shape index (κ1) is 17.9. The van der Waals surface area contributed by atoms with E-state index < -0.39 is 10.0 Å². The molecule has 0 unspecified atom stereocenters. The number of nitrogens with zero attached hydrogens (tertiary/aromatic N) is 2. The van der Waals surface area contributed by atoms with Crippen LogP contribution in [0.2, 0.25) is 0 Å². The van der Waals surface area contributed by atoms with Crippen LogP contribution < -0.4 is 9.64 Å². The first-order valence-corrected chi connectivity index (χ1v) is 10.2. The number of carbonyl (C=O) groups excluding carboxylic acids is 1. The minimum absolute atomic E-state index is 0.0141. The summed E-state index contributed by atoms with van der Waals surface area (Å²) in [4.78, 5) is 14.8. The second-order valence-corrected chi connectivity index (χ2v) is 8.90. The lowest BCUT2D eigenvalue weighted by atomic mass is 10.2. The number of thiophene rings is 1. The third kappa shape index (κ3) is 3.56. The molecule has 1 fully saturated rings. The summed E-state index contributed by atoms with van der Waals surface area (Å²) in [6, 6.07) is 8.45. The van der Waals surface area contributed by atoms with Gasteiger partial charge in [-0.3, -0.25) is 4.79 Å². The quantitative estimate of drug-likeness (QED) is 0.773. The van der Waals surface area contributed by atoms with Gasteiger partial charge < -0.3 is 9.64 Å². The number of anilines is 1. The molecule has 134 valence electrons. The molecule has 8 heteroatoms. The van der Waals surface area contributed by atoms with Gasteiger partial charge in [0.1, 0.15) is 5.75 Å². The van der Waals surface area contributed by atoms with Crippen molar-refractivity contribution in [1.29, 1.82) is 0 Å². The zero-order valence-corrected chi connectivity index (χ0v) is 15.8. The van der Waals surface area contributed by atoms with E-state index in [-0.39, 0.29) is 10.8 Å². The minimum atomic E-state index is -3.66. The fourth-order valence-corrected chi connectivity index (χ4v) is 4.84. The molecular formula is C17H20N2O4S2. The summed E-state index contributed by atoms with van der Waals surface area (Å²) in [6.45, 7) is 0.883. The van der Waals surface area contributed by atoms with Crippen molar-refractivity contribution in [2.45, 2.75) is 24.3 Å².